The van der Waals surface area contributed by atoms with E-state index in [1.807, 2.05) is 12.1 Å². The molecule has 0 bridgehead atoms. The highest BCUT2D eigenvalue weighted by Crippen LogP contribution is 2.34. The predicted molar refractivity (Wildman–Crippen MR) is 78.3 cm³/mol. The Morgan fingerprint density at radius 1 is 1.20 bits per heavy atom. The summed E-state index contributed by atoms with van der Waals surface area (Å²) in [6.07, 6.45) is 0. The minimum Gasteiger partial charge on any atom is -0.487 e. The molecule has 0 aliphatic rings. The van der Waals surface area contributed by atoms with Crippen molar-refractivity contribution in [1.82, 2.24) is 0 Å². The Labute approximate surface area is 125 Å². The number of rotatable bonds is 4. The number of hydrogen-bond acceptors (Lipinski definition) is 4. The van der Waals surface area contributed by atoms with Gasteiger partial charge in [-0.3, -0.25) is 10.1 Å². The van der Waals surface area contributed by atoms with Crippen molar-refractivity contribution >= 4 is 34.6 Å². The molecule has 0 heterocycles. The van der Waals surface area contributed by atoms with Crippen LogP contribution in [-0.2, 0) is 6.61 Å². The summed E-state index contributed by atoms with van der Waals surface area (Å²) in [5.74, 6) is 0.296. The lowest BCUT2D eigenvalue weighted by Crippen LogP contribution is -2.00. The molecule has 0 fully saturated rings. The van der Waals surface area contributed by atoms with Crippen LogP contribution < -0.4 is 10.5 Å². The summed E-state index contributed by atoms with van der Waals surface area (Å²) in [7, 11) is 0. The van der Waals surface area contributed by atoms with E-state index in [1.165, 1.54) is 12.1 Å². The van der Waals surface area contributed by atoms with Crippen molar-refractivity contribution in [3.8, 4) is 5.75 Å². The minimum atomic E-state index is -0.593. The zero-order valence-corrected chi connectivity index (χ0v) is 11.7. The summed E-state index contributed by atoms with van der Waals surface area (Å²) in [5, 5.41) is 11.5. The smallest absolute Gasteiger partial charge is 0.293 e. The monoisotopic (exact) mass is 312 g/mol. The Morgan fingerprint density at radius 2 is 1.85 bits per heavy atom. The van der Waals surface area contributed by atoms with Gasteiger partial charge in [0.25, 0.3) is 5.69 Å². The second-order valence-corrected chi connectivity index (χ2v) is 4.86. The topological polar surface area (TPSA) is 78.4 Å². The van der Waals surface area contributed by atoms with Gasteiger partial charge in [0.2, 0.25) is 0 Å². The second-order valence-electron chi connectivity index (χ2n) is 4.01. The third-order valence-electron chi connectivity index (χ3n) is 2.59. The van der Waals surface area contributed by atoms with Crippen LogP contribution in [-0.4, -0.2) is 4.92 Å². The van der Waals surface area contributed by atoms with Crippen molar-refractivity contribution in [1.29, 1.82) is 0 Å². The van der Waals surface area contributed by atoms with E-state index in [0.717, 1.165) is 5.56 Å². The molecule has 0 amide bonds. The Kier molecular flexibility index (Phi) is 4.32. The van der Waals surface area contributed by atoms with E-state index < -0.39 is 4.92 Å². The Morgan fingerprint density at radius 3 is 2.45 bits per heavy atom. The van der Waals surface area contributed by atoms with E-state index in [0.29, 0.717) is 10.8 Å². The zero-order valence-electron chi connectivity index (χ0n) is 10.2. The van der Waals surface area contributed by atoms with Crippen LogP contribution in [0.5, 0.6) is 5.75 Å². The van der Waals surface area contributed by atoms with Crippen LogP contribution in [0, 0.1) is 10.1 Å². The molecule has 0 saturated carbocycles. The van der Waals surface area contributed by atoms with E-state index >= 15 is 0 Å². The first-order valence-electron chi connectivity index (χ1n) is 5.58. The SMILES string of the molecule is Nc1cc(OCc2ccc(Cl)cc2)c(Cl)cc1[N+](=O)[O-]. The van der Waals surface area contributed by atoms with E-state index in [9.17, 15) is 10.1 Å². The lowest BCUT2D eigenvalue weighted by Gasteiger charge is -2.09. The van der Waals surface area contributed by atoms with Crippen molar-refractivity contribution in [3.63, 3.8) is 0 Å². The first-order valence-corrected chi connectivity index (χ1v) is 6.33. The molecule has 0 spiro atoms. The fourth-order valence-corrected chi connectivity index (χ4v) is 1.91. The minimum absolute atomic E-state index is 0.00510. The second kappa shape index (κ2) is 5.98. The number of nitrogens with two attached hydrogens (primary N) is 1. The van der Waals surface area contributed by atoms with Crippen LogP contribution in [0.25, 0.3) is 0 Å². The zero-order chi connectivity index (χ0) is 14.7. The van der Waals surface area contributed by atoms with Gasteiger partial charge in [-0.2, -0.15) is 0 Å². The third-order valence-corrected chi connectivity index (χ3v) is 3.13. The lowest BCUT2D eigenvalue weighted by molar-refractivity contribution is -0.383. The quantitative estimate of drug-likeness (QED) is 0.524. The standard InChI is InChI=1S/C13H10Cl2N2O3/c14-9-3-1-8(2-4-9)7-20-13-6-11(16)12(17(18)19)5-10(13)15/h1-6H,7,16H2. The van der Waals surface area contributed by atoms with Crippen LogP contribution in [0.4, 0.5) is 11.4 Å². The molecule has 2 aromatic rings. The van der Waals surface area contributed by atoms with E-state index in [4.69, 9.17) is 33.7 Å². The number of ether oxygens (including phenoxy) is 1. The van der Waals surface area contributed by atoms with Gasteiger partial charge in [-0.05, 0) is 17.7 Å². The van der Waals surface area contributed by atoms with E-state index in [1.54, 1.807) is 12.1 Å². The molecular formula is C13H10Cl2N2O3. The average molecular weight is 313 g/mol. The van der Waals surface area contributed by atoms with Gasteiger partial charge < -0.3 is 10.5 Å². The molecule has 0 radical (unpaired) electrons. The first-order chi connectivity index (χ1) is 9.47. The number of hydrogen-bond donors (Lipinski definition) is 1. The van der Waals surface area contributed by atoms with Crippen LogP contribution in [0.1, 0.15) is 5.56 Å². The molecule has 0 aromatic heterocycles. The number of benzene rings is 2. The van der Waals surface area contributed by atoms with Crippen molar-refractivity contribution in [2.45, 2.75) is 6.61 Å². The van der Waals surface area contributed by atoms with Gasteiger partial charge in [-0.25, -0.2) is 0 Å². The lowest BCUT2D eigenvalue weighted by atomic mass is 10.2. The molecule has 2 N–H and O–H groups in total. The average Bonchev–Trinajstić information content (AvgIpc) is 2.41. The van der Waals surface area contributed by atoms with Crippen molar-refractivity contribution < 1.29 is 9.66 Å². The summed E-state index contributed by atoms with van der Waals surface area (Å²) in [5.41, 5.74) is 6.24. The van der Waals surface area contributed by atoms with Gasteiger partial charge in [-0.15, -0.1) is 0 Å². The molecule has 2 rings (SSSR count). The fraction of sp³-hybridized carbons (Fsp3) is 0.0769. The molecule has 0 saturated heterocycles. The van der Waals surface area contributed by atoms with Crippen LogP contribution in [0.15, 0.2) is 36.4 Å². The first kappa shape index (κ1) is 14.4. The molecule has 0 aliphatic carbocycles. The fourth-order valence-electron chi connectivity index (χ4n) is 1.57. The molecule has 0 atom stereocenters. The number of nitrogen functional groups attached to an aromatic ring is 1. The number of nitro benzene ring substituents is 1. The largest absolute Gasteiger partial charge is 0.487 e. The molecule has 7 heteroatoms. The number of nitro groups is 1. The molecule has 104 valence electrons. The molecule has 0 aliphatic heterocycles. The Bertz CT molecular complexity index is 645. The third kappa shape index (κ3) is 3.31. The van der Waals surface area contributed by atoms with E-state index in [2.05, 4.69) is 0 Å². The highest BCUT2D eigenvalue weighted by Gasteiger charge is 2.16. The van der Waals surface area contributed by atoms with Gasteiger partial charge in [0.05, 0.1) is 9.95 Å². The van der Waals surface area contributed by atoms with Crippen LogP contribution in [0.3, 0.4) is 0 Å². The maximum atomic E-state index is 10.7. The highest BCUT2D eigenvalue weighted by molar-refractivity contribution is 6.32. The molecule has 0 unspecified atom stereocenters. The van der Waals surface area contributed by atoms with Crippen molar-refractivity contribution in [2.24, 2.45) is 0 Å². The number of halogens is 2. The maximum absolute atomic E-state index is 10.7. The summed E-state index contributed by atoms with van der Waals surface area (Å²) >= 11 is 11.7. The summed E-state index contributed by atoms with van der Waals surface area (Å²) in [6.45, 7) is 0.258. The molecule has 20 heavy (non-hydrogen) atoms. The van der Waals surface area contributed by atoms with Crippen molar-refractivity contribution in [3.05, 3.63) is 62.1 Å². The summed E-state index contributed by atoms with van der Waals surface area (Å²) in [6, 6.07) is 9.62. The van der Waals surface area contributed by atoms with Gasteiger partial charge in [-0.1, -0.05) is 35.3 Å². The van der Waals surface area contributed by atoms with Gasteiger partial charge in [0, 0.05) is 17.2 Å². The van der Waals surface area contributed by atoms with Gasteiger partial charge in [0.15, 0.2) is 0 Å². The highest BCUT2D eigenvalue weighted by atomic mass is 35.5. The Hall–Kier alpha value is -1.98. The maximum Gasteiger partial charge on any atom is 0.293 e. The summed E-state index contributed by atoms with van der Waals surface area (Å²) < 4.78 is 5.50. The number of nitrogens with zero attached hydrogens (tertiary/aromatic N) is 1. The number of anilines is 1. The molecule has 5 nitrogen and oxygen atoms in total. The normalized spacial score (nSPS) is 10.3. The van der Waals surface area contributed by atoms with Crippen LogP contribution in [0.2, 0.25) is 10.0 Å². The van der Waals surface area contributed by atoms with Crippen LogP contribution >= 0.6 is 23.2 Å². The van der Waals surface area contributed by atoms with Gasteiger partial charge >= 0.3 is 0 Å². The van der Waals surface area contributed by atoms with Gasteiger partial charge in [0.1, 0.15) is 18.0 Å². The van der Waals surface area contributed by atoms with Crippen molar-refractivity contribution in [2.75, 3.05) is 5.73 Å². The van der Waals surface area contributed by atoms with E-state index in [-0.39, 0.29) is 23.0 Å². The summed E-state index contributed by atoms with van der Waals surface area (Å²) in [4.78, 5) is 10.1. The predicted octanol–water partition coefficient (Wildman–Crippen LogP) is 4.06. The molecular weight excluding hydrogens is 303 g/mol. The molecule has 2 aromatic carbocycles. The Balaban J connectivity index is 2.16.